The van der Waals surface area contributed by atoms with Crippen LogP contribution in [-0.4, -0.2) is 65.4 Å². The molecule has 0 saturated carbocycles. The fourth-order valence-corrected chi connectivity index (χ4v) is 4.85. The van der Waals surface area contributed by atoms with Crippen LogP contribution in [0.5, 0.6) is 0 Å². The van der Waals surface area contributed by atoms with Crippen LogP contribution in [0.2, 0.25) is 0 Å². The van der Waals surface area contributed by atoms with E-state index in [1.54, 1.807) is 0 Å². The number of nitrogens with one attached hydrogen (secondary N) is 1. The number of carbonyl (C=O) groups is 2. The van der Waals surface area contributed by atoms with Crippen molar-refractivity contribution in [2.24, 2.45) is 5.92 Å². The maximum atomic E-state index is 12.8. The maximum absolute atomic E-state index is 12.8. The summed E-state index contributed by atoms with van der Waals surface area (Å²) in [7, 11) is 0. The van der Waals surface area contributed by atoms with Gasteiger partial charge in [0, 0.05) is 6.42 Å². The molecule has 35 heavy (non-hydrogen) atoms. The van der Waals surface area contributed by atoms with Crippen molar-refractivity contribution >= 4 is 11.9 Å². The van der Waals surface area contributed by atoms with Gasteiger partial charge < -0.3 is 29.7 Å². The van der Waals surface area contributed by atoms with Gasteiger partial charge >= 0.3 is 5.97 Å². The molecule has 0 aromatic carbocycles. The van der Waals surface area contributed by atoms with Gasteiger partial charge in [-0.05, 0) is 12.3 Å². The Labute approximate surface area is 211 Å². The molecule has 0 spiro atoms. The van der Waals surface area contributed by atoms with E-state index in [0.717, 1.165) is 19.3 Å². The van der Waals surface area contributed by atoms with Crippen LogP contribution >= 0.6 is 0 Å². The molecule has 0 radical (unpaired) electrons. The number of unbranched alkanes of at least 4 members (excludes halogenated alkanes) is 12. The summed E-state index contributed by atoms with van der Waals surface area (Å²) in [5.74, 6) is -3.10. The number of ether oxygens (including phenoxy) is 3. The lowest BCUT2D eigenvalue weighted by Gasteiger charge is -2.29. The molecule has 2 saturated heterocycles. The van der Waals surface area contributed by atoms with Gasteiger partial charge in [0.25, 0.3) is 5.79 Å². The Morgan fingerprint density at radius 2 is 1.49 bits per heavy atom. The summed E-state index contributed by atoms with van der Waals surface area (Å²) in [5, 5.41) is 23.3. The first-order chi connectivity index (χ1) is 16.8. The highest BCUT2D eigenvalue weighted by Gasteiger charge is 2.59. The van der Waals surface area contributed by atoms with Crippen LogP contribution in [0.15, 0.2) is 0 Å². The smallest absolute Gasteiger partial charge is 0.331 e. The largest absolute Gasteiger partial charge is 0.426 e. The lowest BCUT2D eigenvalue weighted by Crippen LogP contribution is -2.53. The quantitative estimate of drug-likeness (QED) is 0.148. The van der Waals surface area contributed by atoms with Gasteiger partial charge in [-0.15, -0.1) is 0 Å². The summed E-state index contributed by atoms with van der Waals surface area (Å²) in [6, 6.07) is -0.876. The number of esters is 1. The molecule has 0 aromatic rings. The third-order valence-electron chi connectivity index (χ3n) is 7.07. The van der Waals surface area contributed by atoms with Gasteiger partial charge in [-0.1, -0.05) is 97.8 Å². The van der Waals surface area contributed by atoms with Crippen molar-refractivity contribution in [3.8, 4) is 0 Å². The Balaban J connectivity index is 1.57. The van der Waals surface area contributed by atoms with E-state index in [2.05, 4.69) is 12.2 Å². The highest BCUT2D eigenvalue weighted by molar-refractivity contribution is 5.84. The lowest BCUT2D eigenvalue weighted by atomic mass is 10.0. The minimum Gasteiger partial charge on any atom is -0.426 e. The van der Waals surface area contributed by atoms with Crippen molar-refractivity contribution in [3.63, 3.8) is 0 Å². The Kier molecular flexibility index (Phi) is 13.5. The zero-order valence-corrected chi connectivity index (χ0v) is 22.1. The van der Waals surface area contributed by atoms with Crippen molar-refractivity contribution in [1.29, 1.82) is 0 Å². The number of hydrogen-bond acceptors (Lipinski definition) is 7. The SMILES string of the molecule is CCCCCCCCCCCCCCCC(=O)N[C@H](C(=O)O[C@@]1(O)CO[C@@H]2[C@H](O)CO[C@@H]21)C(C)C. The number of fused-ring (bicyclic) bond motifs is 1. The monoisotopic (exact) mass is 499 g/mol. The Morgan fingerprint density at radius 1 is 0.943 bits per heavy atom. The molecule has 2 aliphatic rings. The van der Waals surface area contributed by atoms with Crippen LogP contribution in [0.4, 0.5) is 0 Å². The molecule has 0 unspecified atom stereocenters. The fraction of sp³-hybridized carbons (Fsp3) is 0.926. The van der Waals surface area contributed by atoms with Gasteiger partial charge in [0.05, 0.1) is 6.61 Å². The average molecular weight is 500 g/mol. The maximum Gasteiger partial charge on any atom is 0.331 e. The van der Waals surface area contributed by atoms with E-state index in [9.17, 15) is 19.8 Å². The summed E-state index contributed by atoms with van der Waals surface area (Å²) >= 11 is 0. The topological polar surface area (TPSA) is 114 Å². The number of amides is 1. The molecule has 3 N–H and O–H groups in total. The van der Waals surface area contributed by atoms with E-state index in [0.29, 0.717) is 6.42 Å². The molecule has 2 rings (SSSR count). The predicted molar refractivity (Wildman–Crippen MR) is 134 cm³/mol. The van der Waals surface area contributed by atoms with E-state index < -0.39 is 36.1 Å². The van der Waals surface area contributed by atoms with Gasteiger partial charge in [0.1, 0.15) is 24.9 Å². The number of hydrogen-bond donors (Lipinski definition) is 3. The van der Waals surface area contributed by atoms with Gasteiger partial charge in [0.15, 0.2) is 6.10 Å². The second-order valence-corrected chi connectivity index (χ2v) is 10.6. The molecule has 0 bridgehead atoms. The minimum absolute atomic E-state index is 0.0126. The lowest BCUT2D eigenvalue weighted by molar-refractivity contribution is -0.240. The summed E-state index contributed by atoms with van der Waals surface area (Å²) in [6.45, 7) is 5.61. The zero-order valence-electron chi connectivity index (χ0n) is 22.1. The molecule has 2 heterocycles. The number of carbonyl (C=O) groups excluding carboxylic acids is 2. The second-order valence-electron chi connectivity index (χ2n) is 10.6. The van der Waals surface area contributed by atoms with Crippen molar-refractivity contribution in [2.45, 2.75) is 141 Å². The molecule has 204 valence electrons. The van der Waals surface area contributed by atoms with Crippen molar-refractivity contribution in [3.05, 3.63) is 0 Å². The van der Waals surface area contributed by atoms with E-state index in [4.69, 9.17) is 14.2 Å². The fourth-order valence-electron chi connectivity index (χ4n) is 4.85. The van der Waals surface area contributed by atoms with Gasteiger partial charge in [-0.2, -0.15) is 0 Å². The summed E-state index contributed by atoms with van der Waals surface area (Å²) in [5.41, 5.74) is 0. The first kappa shape index (κ1) is 30.0. The standard InChI is InChI=1S/C27H49NO7/c1-4-5-6-7-8-9-10-11-12-13-14-15-16-17-22(30)28-23(20(2)3)26(31)35-27(32)19-34-24-21(29)18-33-25(24)27/h20-21,23-25,29,32H,4-19H2,1-3H3,(H,28,30)/t21-,23+,24-,25+,27+/m1/s1. The van der Waals surface area contributed by atoms with Crippen LogP contribution in [-0.2, 0) is 23.8 Å². The van der Waals surface area contributed by atoms with Crippen LogP contribution in [0.3, 0.4) is 0 Å². The summed E-state index contributed by atoms with van der Waals surface area (Å²) < 4.78 is 16.1. The number of aliphatic hydroxyl groups excluding tert-OH is 1. The zero-order chi connectivity index (χ0) is 25.7. The van der Waals surface area contributed by atoms with Crippen LogP contribution in [0.25, 0.3) is 0 Å². The van der Waals surface area contributed by atoms with Crippen molar-refractivity contribution in [1.82, 2.24) is 5.32 Å². The molecule has 8 nitrogen and oxygen atoms in total. The third-order valence-corrected chi connectivity index (χ3v) is 7.07. The second kappa shape index (κ2) is 15.8. The van der Waals surface area contributed by atoms with E-state index >= 15 is 0 Å². The number of aliphatic hydroxyl groups is 2. The molecule has 2 aliphatic heterocycles. The van der Waals surface area contributed by atoms with E-state index in [-0.39, 0.29) is 25.0 Å². The molecular weight excluding hydrogens is 450 g/mol. The summed E-state index contributed by atoms with van der Waals surface area (Å²) in [4.78, 5) is 25.2. The molecule has 0 aromatic heterocycles. The Hall–Kier alpha value is -1.22. The minimum atomic E-state index is -1.97. The Morgan fingerprint density at radius 3 is 2.03 bits per heavy atom. The first-order valence-corrected chi connectivity index (χ1v) is 13.9. The summed E-state index contributed by atoms with van der Waals surface area (Å²) in [6.07, 6.45) is 14.0. The number of rotatable bonds is 18. The van der Waals surface area contributed by atoms with Crippen molar-refractivity contribution in [2.75, 3.05) is 13.2 Å². The normalized spacial score (nSPS) is 26.6. The first-order valence-electron chi connectivity index (χ1n) is 13.9. The Bertz CT molecular complexity index is 629. The van der Waals surface area contributed by atoms with E-state index in [1.807, 2.05) is 13.8 Å². The van der Waals surface area contributed by atoms with Crippen molar-refractivity contribution < 1.29 is 34.0 Å². The highest BCUT2D eigenvalue weighted by Crippen LogP contribution is 2.35. The van der Waals surface area contributed by atoms with Crippen LogP contribution in [0, 0.1) is 5.92 Å². The molecule has 1 amide bonds. The van der Waals surface area contributed by atoms with Gasteiger partial charge in [-0.3, -0.25) is 4.79 Å². The third kappa shape index (κ3) is 9.98. The van der Waals surface area contributed by atoms with Crippen LogP contribution < -0.4 is 5.32 Å². The molecule has 8 heteroatoms. The molecule has 5 atom stereocenters. The highest BCUT2D eigenvalue weighted by atomic mass is 16.7. The molecule has 0 aliphatic carbocycles. The van der Waals surface area contributed by atoms with Gasteiger partial charge in [0.2, 0.25) is 5.91 Å². The average Bonchev–Trinajstić information content (AvgIpc) is 3.35. The predicted octanol–water partition coefficient (Wildman–Crippen LogP) is 4.00. The van der Waals surface area contributed by atoms with Gasteiger partial charge in [-0.25, -0.2) is 4.79 Å². The van der Waals surface area contributed by atoms with Crippen LogP contribution in [0.1, 0.15) is 111 Å². The molecular formula is C27H49NO7. The molecule has 2 fully saturated rings. The van der Waals surface area contributed by atoms with E-state index in [1.165, 1.54) is 64.2 Å².